The molecule has 0 aliphatic carbocycles. The van der Waals surface area contributed by atoms with Crippen LogP contribution in [0.1, 0.15) is 17.8 Å². The van der Waals surface area contributed by atoms with Crippen LogP contribution in [0.25, 0.3) is 10.9 Å². The molecule has 1 N–H and O–H groups in total. The molecular weight excluding hydrogens is 326 g/mol. The average molecular weight is 349 g/mol. The Morgan fingerprint density at radius 2 is 2.08 bits per heavy atom. The number of hydrogen-bond donors (Lipinski definition) is 1. The fourth-order valence-electron chi connectivity index (χ4n) is 3.36. The highest BCUT2D eigenvalue weighted by atomic mass is 16.5. The number of benzene rings is 1. The van der Waals surface area contributed by atoms with E-state index in [1.165, 1.54) is 0 Å². The molecule has 26 heavy (non-hydrogen) atoms. The van der Waals surface area contributed by atoms with Crippen molar-refractivity contribution < 1.29 is 9.47 Å². The number of aryl methyl sites for hydroxylation is 1. The maximum Gasteiger partial charge on any atom is 0.0892 e. The fourth-order valence-corrected chi connectivity index (χ4v) is 3.36. The molecular formula is C21H23N3O2. The Bertz CT molecular complexity index is 870. The van der Waals surface area contributed by atoms with E-state index in [0.717, 1.165) is 41.0 Å². The van der Waals surface area contributed by atoms with Gasteiger partial charge in [0.2, 0.25) is 0 Å². The Balaban J connectivity index is 1.52. The van der Waals surface area contributed by atoms with Gasteiger partial charge in [-0.3, -0.25) is 9.97 Å². The first kappa shape index (κ1) is 16.9. The molecule has 5 nitrogen and oxygen atoms in total. The van der Waals surface area contributed by atoms with Gasteiger partial charge in [0.1, 0.15) is 0 Å². The number of ether oxygens (including phenoxy) is 2. The van der Waals surface area contributed by atoms with Crippen molar-refractivity contribution in [2.75, 3.05) is 18.5 Å². The average Bonchev–Trinajstić information content (AvgIpc) is 2.68. The molecule has 134 valence electrons. The molecule has 5 heteroatoms. The van der Waals surface area contributed by atoms with E-state index in [1.807, 2.05) is 43.3 Å². The number of para-hydroxylation sites is 1. The minimum absolute atomic E-state index is 0.0815. The third-order valence-corrected chi connectivity index (χ3v) is 4.65. The topological polar surface area (TPSA) is 56.3 Å². The van der Waals surface area contributed by atoms with Crippen LogP contribution in [0.4, 0.5) is 5.69 Å². The molecule has 0 bridgehead atoms. The van der Waals surface area contributed by atoms with Crippen molar-refractivity contribution in [1.82, 2.24) is 9.97 Å². The Labute approximate surface area is 153 Å². The van der Waals surface area contributed by atoms with Gasteiger partial charge in [-0.25, -0.2) is 0 Å². The standard InChI is InChI=1S/C21H23N3O2/c1-15-12-19(17-7-2-3-8-18(17)23-15)24-20-14-25-11-9-21(20)26-13-16-6-4-5-10-22-16/h2-8,10,12,20-21H,9,11,13-14H2,1H3,(H,23,24)/t20-,21-/m1/s1. The van der Waals surface area contributed by atoms with Gasteiger partial charge < -0.3 is 14.8 Å². The van der Waals surface area contributed by atoms with Crippen molar-refractivity contribution in [2.24, 2.45) is 0 Å². The van der Waals surface area contributed by atoms with E-state index in [4.69, 9.17) is 9.47 Å². The predicted octanol–water partition coefficient (Wildman–Crippen LogP) is 3.72. The zero-order valence-corrected chi connectivity index (χ0v) is 14.9. The van der Waals surface area contributed by atoms with Gasteiger partial charge in [0, 0.05) is 29.6 Å². The number of hydrogen-bond acceptors (Lipinski definition) is 5. The molecule has 2 atom stereocenters. The van der Waals surface area contributed by atoms with Crippen LogP contribution in [-0.2, 0) is 16.1 Å². The van der Waals surface area contributed by atoms with Gasteiger partial charge in [0.25, 0.3) is 0 Å². The van der Waals surface area contributed by atoms with E-state index < -0.39 is 0 Å². The number of anilines is 1. The lowest BCUT2D eigenvalue weighted by atomic mass is 10.0. The van der Waals surface area contributed by atoms with Crippen LogP contribution in [0.2, 0.25) is 0 Å². The van der Waals surface area contributed by atoms with Crippen LogP contribution >= 0.6 is 0 Å². The van der Waals surface area contributed by atoms with Crippen LogP contribution < -0.4 is 5.32 Å². The van der Waals surface area contributed by atoms with Crippen LogP contribution in [0.3, 0.4) is 0 Å². The molecule has 2 aromatic heterocycles. The molecule has 4 rings (SSSR count). The highest BCUT2D eigenvalue weighted by molar-refractivity contribution is 5.91. The molecule has 0 saturated carbocycles. The summed E-state index contributed by atoms with van der Waals surface area (Å²) in [6.45, 7) is 3.88. The van der Waals surface area contributed by atoms with Gasteiger partial charge in [-0.2, -0.15) is 0 Å². The van der Waals surface area contributed by atoms with Gasteiger partial charge in [-0.05, 0) is 37.6 Å². The lowest BCUT2D eigenvalue weighted by molar-refractivity contribution is -0.0486. The van der Waals surface area contributed by atoms with Crippen molar-refractivity contribution in [3.8, 4) is 0 Å². The molecule has 1 saturated heterocycles. The second-order valence-corrected chi connectivity index (χ2v) is 6.61. The highest BCUT2D eigenvalue weighted by Crippen LogP contribution is 2.26. The molecule has 1 fully saturated rings. The van der Waals surface area contributed by atoms with Crippen molar-refractivity contribution in [1.29, 1.82) is 0 Å². The summed E-state index contributed by atoms with van der Waals surface area (Å²) in [5, 5.41) is 4.76. The summed E-state index contributed by atoms with van der Waals surface area (Å²) in [5.41, 5.74) is 4.02. The zero-order valence-electron chi connectivity index (χ0n) is 14.9. The normalized spacial score (nSPS) is 20.2. The van der Waals surface area contributed by atoms with Crippen molar-refractivity contribution in [3.63, 3.8) is 0 Å². The molecule has 1 aliphatic heterocycles. The van der Waals surface area contributed by atoms with E-state index in [-0.39, 0.29) is 12.1 Å². The van der Waals surface area contributed by atoms with Crippen molar-refractivity contribution in [2.45, 2.75) is 32.1 Å². The Morgan fingerprint density at radius 3 is 2.96 bits per heavy atom. The summed E-state index contributed by atoms with van der Waals surface area (Å²) in [4.78, 5) is 8.95. The number of nitrogens with one attached hydrogen (secondary N) is 1. The van der Waals surface area contributed by atoms with Gasteiger partial charge in [0.05, 0.1) is 36.6 Å². The first-order valence-electron chi connectivity index (χ1n) is 9.02. The van der Waals surface area contributed by atoms with Crippen LogP contribution in [0, 0.1) is 6.92 Å². The van der Waals surface area contributed by atoms with E-state index in [2.05, 4.69) is 27.4 Å². The van der Waals surface area contributed by atoms with E-state index in [0.29, 0.717) is 13.2 Å². The molecule has 0 spiro atoms. The molecule has 0 amide bonds. The summed E-state index contributed by atoms with van der Waals surface area (Å²) >= 11 is 0. The SMILES string of the molecule is Cc1cc(N[C@@H]2COCC[C@H]2OCc2ccccn2)c2ccccc2n1. The second-order valence-electron chi connectivity index (χ2n) is 6.61. The number of fused-ring (bicyclic) bond motifs is 1. The summed E-state index contributed by atoms with van der Waals surface area (Å²) in [6.07, 6.45) is 2.74. The van der Waals surface area contributed by atoms with Crippen LogP contribution in [0.15, 0.2) is 54.7 Å². The first-order valence-corrected chi connectivity index (χ1v) is 9.02. The van der Waals surface area contributed by atoms with Crippen molar-refractivity contribution in [3.05, 3.63) is 66.1 Å². The Morgan fingerprint density at radius 1 is 1.19 bits per heavy atom. The van der Waals surface area contributed by atoms with Gasteiger partial charge in [0.15, 0.2) is 0 Å². The lowest BCUT2D eigenvalue weighted by Gasteiger charge is -2.33. The summed E-state index contributed by atoms with van der Waals surface area (Å²) < 4.78 is 11.9. The smallest absolute Gasteiger partial charge is 0.0892 e. The second kappa shape index (κ2) is 7.81. The lowest BCUT2D eigenvalue weighted by Crippen LogP contribution is -2.44. The van der Waals surface area contributed by atoms with Crippen LogP contribution in [-0.4, -0.2) is 35.3 Å². The molecule has 0 unspecified atom stereocenters. The summed E-state index contributed by atoms with van der Waals surface area (Å²) in [6, 6.07) is 16.3. The maximum absolute atomic E-state index is 6.18. The maximum atomic E-state index is 6.18. The van der Waals surface area contributed by atoms with Gasteiger partial charge >= 0.3 is 0 Å². The largest absolute Gasteiger partial charge is 0.379 e. The van der Waals surface area contributed by atoms with E-state index in [9.17, 15) is 0 Å². The van der Waals surface area contributed by atoms with E-state index in [1.54, 1.807) is 6.20 Å². The first-order chi connectivity index (χ1) is 12.8. The highest BCUT2D eigenvalue weighted by Gasteiger charge is 2.27. The fraction of sp³-hybridized carbons (Fsp3) is 0.333. The van der Waals surface area contributed by atoms with Gasteiger partial charge in [-0.15, -0.1) is 0 Å². The van der Waals surface area contributed by atoms with Gasteiger partial charge in [-0.1, -0.05) is 24.3 Å². The number of pyridine rings is 2. The number of rotatable bonds is 5. The van der Waals surface area contributed by atoms with Crippen LogP contribution in [0.5, 0.6) is 0 Å². The molecule has 3 heterocycles. The molecule has 0 radical (unpaired) electrons. The predicted molar refractivity (Wildman–Crippen MR) is 102 cm³/mol. The zero-order chi connectivity index (χ0) is 17.8. The molecule has 1 aromatic carbocycles. The minimum Gasteiger partial charge on any atom is -0.379 e. The Kier molecular flexibility index (Phi) is 5.09. The monoisotopic (exact) mass is 349 g/mol. The summed E-state index contributed by atoms with van der Waals surface area (Å²) in [5.74, 6) is 0. The third-order valence-electron chi connectivity index (χ3n) is 4.65. The Hall–Kier alpha value is -2.50. The third kappa shape index (κ3) is 3.84. The van der Waals surface area contributed by atoms with Crippen molar-refractivity contribution >= 4 is 16.6 Å². The number of aromatic nitrogens is 2. The molecule has 3 aromatic rings. The quantitative estimate of drug-likeness (QED) is 0.761. The number of nitrogens with zero attached hydrogens (tertiary/aromatic N) is 2. The summed E-state index contributed by atoms with van der Waals surface area (Å²) in [7, 11) is 0. The van der Waals surface area contributed by atoms with E-state index >= 15 is 0 Å². The minimum atomic E-state index is 0.0815. The molecule has 1 aliphatic rings.